The van der Waals surface area contributed by atoms with E-state index in [0.717, 1.165) is 12.1 Å². The van der Waals surface area contributed by atoms with Gasteiger partial charge in [0.15, 0.2) is 0 Å². The van der Waals surface area contributed by atoms with Crippen molar-refractivity contribution in [2.75, 3.05) is 26.2 Å². The first kappa shape index (κ1) is 18.9. The van der Waals surface area contributed by atoms with E-state index in [1.807, 2.05) is 0 Å². The molecular weight excluding hydrogens is 364 g/mol. The van der Waals surface area contributed by atoms with Crippen LogP contribution in [0.15, 0.2) is 48.5 Å². The minimum absolute atomic E-state index is 0.0462. The van der Waals surface area contributed by atoms with Gasteiger partial charge in [0.25, 0.3) is 11.8 Å². The number of hydrogen-bond acceptors (Lipinski definition) is 2. The zero-order valence-electron chi connectivity index (χ0n) is 14.2. The van der Waals surface area contributed by atoms with Crippen molar-refractivity contribution in [2.45, 2.75) is 6.18 Å². The molecule has 0 saturated carbocycles. The van der Waals surface area contributed by atoms with Crippen LogP contribution in [0.2, 0.25) is 0 Å². The van der Waals surface area contributed by atoms with E-state index in [0.29, 0.717) is 0 Å². The van der Waals surface area contributed by atoms with Crippen LogP contribution in [0.25, 0.3) is 0 Å². The zero-order chi connectivity index (χ0) is 19.6. The van der Waals surface area contributed by atoms with E-state index in [2.05, 4.69) is 0 Å². The average Bonchev–Trinajstić information content (AvgIpc) is 2.67. The molecule has 2 aromatic carbocycles. The maximum atomic E-state index is 13.8. The van der Waals surface area contributed by atoms with Crippen LogP contribution in [0.3, 0.4) is 0 Å². The highest BCUT2D eigenvalue weighted by Gasteiger charge is 2.32. The minimum atomic E-state index is -4.53. The quantitative estimate of drug-likeness (QED) is 0.749. The Morgan fingerprint density at radius 2 is 1.41 bits per heavy atom. The summed E-state index contributed by atoms with van der Waals surface area (Å²) in [6.45, 7) is 0.681. The highest BCUT2D eigenvalue weighted by atomic mass is 19.4. The van der Waals surface area contributed by atoms with Crippen molar-refractivity contribution in [3.63, 3.8) is 0 Å². The van der Waals surface area contributed by atoms with Crippen LogP contribution in [0.1, 0.15) is 26.3 Å². The van der Waals surface area contributed by atoms with Gasteiger partial charge in [0.1, 0.15) is 5.82 Å². The molecule has 0 bridgehead atoms. The second-order valence-corrected chi connectivity index (χ2v) is 6.14. The molecule has 27 heavy (non-hydrogen) atoms. The predicted molar refractivity (Wildman–Crippen MR) is 89.7 cm³/mol. The minimum Gasteiger partial charge on any atom is -0.335 e. The van der Waals surface area contributed by atoms with E-state index >= 15 is 0 Å². The molecule has 2 aromatic rings. The van der Waals surface area contributed by atoms with Crippen LogP contribution in [-0.4, -0.2) is 47.8 Å². The van der Waals surface area contributed by atoms with Gasteiger partial charge in [-0.15, -0.1) is 0 Å². The maximum Gasteiger partial charge on any atom is 0.416 e. The van der Waals surface area contributed by atoms with Gasteiger partial charge in [-0.25, -0.2) is 4.39 Å². The highest BCUT2D eigenvalue weighted by Crippen LogP contribution is 2.29. The van der Waals surface area contributed by atoms with Gasteiger partial charge in [-0.05, 0) is 30.3 Å². The number of alkyl halides is 3. The molecule has 3 rings (SSSR count). The van der Waals surface area contributed by atoms with Crippen molar-refractivity contribution in [2.24, 2.45) is 0 Å². The number of hydrogen-bond donors (Lipinski definition) is 0. The third-order valence-corrected chi connectivity index (χ3v) is 4.40. The van der Waals surface area contributed by atoms with E-state index in [9.17, 15) is 27.2 Å². The van der Waals surface area contributed by atoms with Crippen molar-refractivity contribution in [3.8, 4) is 0 Å². The van der Waals surface area contributed by atoms with Gasteiger partial charge >= 0.3 is 6.18 Å². The van der Waals surface area contributed by atoms with Crippen molar-refractivity contribution < 1.29 is 27.2 Å². The molecular formula is C19H16F4N2O2. The molecule has 142 valence electrons. The van der Waals surface area contributed by atoms with E-state index in [-0.39, 0.29) is 37.3 Å². The fourth-order valence-corrected chi connectivity index (χ4v) is 2.93. The topological polar surface area (TPSA) is 40.6 Å². The number of halogens is 4. The first-order valence-corrected chi connectivity index (χ1v) is 8.28. The molecule has 1 saturated heterocycles. The van der Waals surface area contributed by atoms with Crippen molar-refractivity contribution in [1.82, 2.24) is 9.80 Å². The summed E-state index contributed by atoms with van der Waals surface area (Å²) in [7, 11) is 0. The first-order chi connectivity index (χ1) is 12.8. The van der Waals surface area contributed by atoms with Gasteiger partial charge in [0.05, 0.1) is 11.1 Å². The standard InChI is InChI=1S/C19H16F4N2O2/c20-16-7-2-1-6-15(16)18(27)25-10-8-24(9-11-25)17(26)13-4-3-5-14(12-13)19(21,22)23/h1-7,12H,8-11H2. The summed E-state index contributed by atoms with van der Waals surface area (Å²) in [5.41, 5.74) is -0.990. The number of nitrogens with zero attached hydrogens (tertiary/aromatic N) is 2. The predicted octanol–water partition coefficient (Wildman–Crippen LogP) is 3.44. The third-order valence-electron chi connectivity index (χ3n) is 4.40. The number of piperazine rings is 1. The Hall–Kier alpha value is -2.90. The molecule has 0 unspecified atom stereocenters. The van der Waals surface area contributed by atoms with Crippen LogP contribution in [-0.2, 0) is 6.18 Å². The number of carbonyl (C=O) groups excluding carboxylic acids is 2. The second-order valence-electron chi connectivity index (χ2n) is 6.14. The van der Waals surface area contributed by atoms with Crippen LogP contribution in [0.4, 0.5) is 17.6 Å². The molecule has 0 aliphatic carbocycles. The lowest BCUT2D eigenvalue weighted by atomic mass is 10.1. The third kappa shape index (κ3) is 4.10. The summed E-state index contributed by atoms with van der Waals surface area (Å²) in [6, 6.07) is 9.86. The summed E-state index contributed by atoms with van der Waals surface area (Å²) in [5.74, 6) is -1.62. The molecule has 1 aliphatic heterocycles. The Morgan fingerprint density at radius 1 is 0.815 bits per heavy atom. The van der Waals surface area contributed by atoms with E-state index in [4.69, 9.17) is 0 Å². The molecule has 0 atom stereocenters. The van der Waals surface area contributed by atoms with Crippen molar-refractivity contribution in [1.29, 1.82) is 0 Å². The van der Waals surface area contributed by atoms with Crippen LogP contribution < -0.4 is 0 Å². The Morgan fingerprint density at radius 3 is 2.00 bits per heavy atom. The van der Waals surface area contributed by atoms with Crippen LogP contribution in [0, 0.1) is 5.82 Å². The number of rotatable bonds is 2. The van der Waals surface area contributed by atoms with Crippen molar-refractivity contribution >= 4 is 11.8 Å². The summed E-state index contributed by atoms with van der Waals surface area (Å²) in [5, 5.41) is 0. The van der Waals surface area contributed by atoms with Gasteiger partial charge in [-0.3, -0.25) is 9.59 Å². The van der Waals surface area contributed by atoms with Crippen LogP contribution >= 0.6 is 0 Å². The fourth-order valence-electron chi connectivity index (χ4n) is 2.93. The lowest BCUT2D eigenvalue weighted by molar-refractivity contribution is -0.137. The van der Waals surface area contributed by atoms with Gasteiger partial charge in [0.2, 0.25) is 0 Å². The number of benzene rings is 2. The Bertz CT molecular complexity index is 859. The lowest BCUT2D eigenvalue weighted by Gasteiger charge is -2.35. The molecule has 4 nitrogen and oxygen atoms in total. The first-order valence-electron chi connectivity index (χ1n) is 8.28. The molecule has 0 aromatic heterocycles. The lowest BCUT2D eigenvalue weighted by Crippen LogP contribution is -2.50. The summed E-state index contributed by atoms with van der Waals surface area (Å²) >= 11 is 0. The number of carbonyl (C=O) groups is 2. The summed E-state index contributed by atoms with van der Waals surface area (Å²) in [6.07, 6.45) is -4.53. The van der Waals surface area contributed by atoms with Crippen LogP contribution in [0.5, 0.6) is 0 Å². The van der Waals surface area contributed by atoms with E-state index in [1.165, 1.54) is 40.1 Å². The second kappa shape index (κ2) is 7.38. The molecule has 8 heteroatoms. The molecule has 1 aliphatic rings. The summed E-state index contributed by atoms with van der Waals surface area (Å²) < 4.78 is 52.2. The van der Waals surface area contributed by atoms with Crippen molar-refractivity contribution in [3.05, 3.63) is 71.0 Å². The van der Waals surface area contributed by atoms with E-state index in [1.54, 1.807) is 6.07 Å². The Labute approximate surface area is 153 Å². The summed E-state index contributed by atoms with van der Waals surface area (Å²) in [4.78, 5) is 27.7. The van der Waals surface area contributed by atoms with Gasteiger partial charge in [-0.1, -0.05) is 18.2 Å². The Balaban J connectivity index is 1.66. The SMILES string of the molecule is O=C(c1cccc(C(F)(F)F)c1)N1CCN(C(=O)c2ccccc2F)CC1. The zero-order valence-corrected chi connectivity index (χ0v) is 14.2. The molecule has 1 fully saturated rings. The monoisotopic (exact) mass is 380 g/mol. The molecule has 0 spiro atoms. The molecule has 0 radical (unpaired) electrons. The van der Waals surface area contributed by atoms with Gasteiger partial charge in [-0.2, -0.15) is 13.2 Å². The molecule has 0 N–H and O–H groups in total. The van der Waals surface area contributed by atoms with Gasteiger partial charge < -0.3 is 9.80 Å². The molecule has 1 heterocycles. The Kier molecular flexibility index (Phi) is 5.16. The highest BCUT2D eigenvalue weighted by molar-refractivity contribution is 5.96. The number of amides is 2. The largest absolute Gasteiger partial charge is 0.416 e. The smallest absolute Gasteiger partial charge is 0.335 e. The fraction of sp³-hybridized carbons (Fsp3) is 0.263. The molecule has 2 amide bonds. The normalized spacial score (nSPS) is 15.0. The van der Waals surface area contributed by atoms with Gasteiger partial charge in [0, 0.05) is 31.7 Å². The maximum absolute atomic E-state index is 13.8. The van der Waals surface area contributed by atoms with E-state index < -0.39 is 29.4 Å². The average molecular weight is 380 g/mol.